The van der Waals surface area contributed by atoms with Crippen LogP contribution in [0.2, 0.25) is 0 Å². The van der Waals surface area contributed by atoms with Crippen molar-refractivity contribution < 1.29 is 13.9 Å². The number of hydrogen-bond acceptors (Lipinski definition) is 2. The number of methoxy groups -OCH3 is 1. The molecule has 0 atom stereocenters. The molecular formula is C13H15FO2. The minimum Gasteiger partial charge on any atom is -0.494 e. The number of hydrogen-bond donors (Lipinski definition) is 0. The Morgan fingerprint density at radius 2 is 2.19 bits per heavy atom. The van der Waals surface area contributed by atoms with Crippen molar-refractivity contribution in [3.05, 3.63) is 35.2 Å². The van der Waals surface area contributed by atoms with E-state index >= 15 is 0 Å². The molecular weight excluding hydrogens is 207 g/mol. The second kappa shape index (κ2) is 5.45. The number of halogens is 1. The first-order valence-electron chi connectivity index (χ1n) is 5.13. The van der Waals surface area contributed by atoms with Crippen molar-refractivity contribution in [1.29, 1.82) is 0 Å². The molecule has 86 valence electrons. The van der Waals surface area contributed by atoms with Crippen LogP contribution in [0.4, 0.5) is 4.39 Å². The van der Waals surface area contributed by atoms with E-state index < -0.39 is 5.82 Å². The van der Waals surface area contributed by atoms with Crippen LogP contribution in [0.15, 0.2) is 18.2 Å². The highest BCUT2D eigenvalue weighted by molar-refractivity contribution is 5.91. The number of allylic oxidation sites excluding steroid dienone is 1. The fourth-order valence-electron chi connectivity index (χ4n) is 1.44. The summed E-state index contributed by atoms with van der Waals surface area (Å²) in [4.78, 5) is 10.8. The standard InChI is InChI=1S/C13H15FO2/c1-4-10-8-13(16-3)12(14)7-11(10)6-5-9(2)15/h5-8H,4H2,1-3H3. The highest BCUT2D eigenvalue weighted by atomic mass is 19.1. The van der Waals surface area contributed by atoms with Gasteiger partial charge in [0.25, 0.3) is 0 Å². The van der Waals surface area contributed by atoms with Crippen molar-refractivity contribution >= 4 is 11.9 Å². The van der Waals surface area contributed by atoms with Gasteiger partial charge >= 0.3 is 0 Å². The molecule has 2 nitrogen and oxygen atoms in total. The predicted molar refractivity (Wildman–Crippen MR) is 62.0 cm³/mol. The van der Waals surface area contributed by atoms with E-state index in [0.29, 0.717) is 0 Å². The van der Waals surface area contributed by atoms with Crippen LogP contribution < -0.4 is 4.74 Å². The lowest BCUT2D eigenvalue weighted by Crippen LogP contribution is -1.94. The van der Waals surface area contributed by atoms with Gasteiger partial charge in [0.05, 0.1) is 7.11 Å². The zero-order chi connectivity index (χ0) is 12.1. The first-order chi connectivity index (χ1) is 7.58. The Morgan fingerprint density at radius 1 is 1.50 bits per heavy atom. The normalized spacial score (nSPS) is 10.8. The highest BCUT2D eigenvalue weighted by Gasteiger charge is 2.07. The van der Waals surface area contributed by atoms with E-state index in [1.807, 2.05) is 6.92 Å². The molecule has 0 saturated heterocycles. The Balaban J connectivity index is 3.18. The topological polar surface area (TPSA) is 26.3 Å². The number of aryl methyl sites for hydroxylation is 1. The molecule has 0 spiro atoms. The van der Waals surface area contributed by atoms with Crippen LogP contribution in [0.3, 0.4) is 0 Å². The van der Waals surface area contributed by atoms with Crippen molar-refractivity contribution in [2.24, 2.45) is 0 Å². The second-order valence-electron chi connectivity index (χ2n) is 3.48. The maximum Gasteiger partial charge on any atom is 0.165 e. The molecule has 0 radical (unpaired) electrons. The molecule has 1 rings (SSSR count). The van der Waals surface area contributed by atoms with E-state index in [1.54, 1.807) is 12.1 Å². The second-order valence-corrected chi connectivity index (χ2v) is 3.48. The minimum atomic E-state index is -0.414. The summed E-state index contributed by atoms with van der Waals surface area (Å²) in [5.74, 6) is -0.238. The van der Waals surface area contributed by atoms with Gasteiger partial charge in [0.1, 0.15) is 0 Å². The quantitative estimate of drug-likeness (QED) is 0.732. The minimum absolute atomic E-state index is 0.0571. The van der Waals surface area contributed by atoms with Crippen molar-refractivity contribution in [2.45, 2.75) is 20.3 Å². The average Bonchev–Trinajstić information content (AvgIpc) is 2.26. The summed E-state index contributed by atoms with van der Waals surface area (Å²) in [7, 11) is 1.43. The first kappa shape index (κ1) is 12.4. The molecule has 1 aromatic carbocycles. The fourth-order valence-corrected chi connectivity index (χ4v) is 1.44. The largest absolute Gasteiger partial charge is 0.494 e. The number of carbonyl (C=O) groups is 1. The molecule has 0 N–H and O–H groups in total. The Hall–Kier alpha value is -1.64. The van der Waals surface area contributed by atoms with Crippen molar-refractivity contribution in [3.8, 4) is 5.75 Å². The molecule has 3 heteroatoms. The summed E-state index contributed by atoms with van der Waals surface area (Å²) in [5.41, 5.74) is 1.67. The summed E-state index contributed by atoms with van der Waals surface area (Å²) < 4.78 is 18.3. The lowest BCUT2D eigenvalue weighted by Gasteiger charge is -2.08. The number of carbonyl (C=O) groups excluding carboxylic acids is 1. The number of benzene rings is 1. The van der Waals surface area contributed by atoms with E-state index in [4.69, 9.17) is 4.74 Å². The summed E-state index contributed by atoms with van der Waals surface area (Å²) >= 11 is 0. The van der Waals surface area contributed by atoms with E-state index in [0.717, 1.165) is 17.5 Å². The maximum atomic E-state index is 13.4. The molecule has 1 aromatic rings. The molecule has 0 saturated carbocycles. The molecule has 0 aromatic heterocycles. The molecule has 0 aliphatic heterocycles. The Labute approximate surface area is 94.7 Å². The monoisotopic (exact) mass is 222 g/mol. The lowest BCUT2D eigenvalue weighted by molar-refractivity contribution is -0.112. The molecule has 0 aliphatic carbocycles. The van der Waals surface area contributed by atoms with Gasteiger partial charge in [-0.05, 0) is 42.7 Å². The summed E-state index contributed by atoms with van der Waals surface area (Å²) in [5, 5.41) is 0. The Morgan fingerprint density at radius 3 is 2.69 bits per heavy atom. The third-order valence-corrected chi connectivity index (χ3v) is 2.29. The zero-order valence-electron chi connectivity index (χ0n) is 9.71. The third-order valence-electron chi connectivity index (χ3n) is 2.29. The molecule has 0 fully saturated rings. The highest BCUT2D eigenvalue weighted by Crippen LogP contribution is 2.23. The smallest absolute Gasteiger partial charge is 0.165 e. The van der Waals surface area contributed by atoms with Crippen LogP contribution in [-0.4, -0.2) is 12.9 Å². The van der Waals surface area contributed by atoms with Crippen molar-refractivity contribution in [1.82, 2.24) is 0 Å². The number of ketones is 1. The van der Waals surface area contributed by atoms with Crippen LogP contribution in [-0.2, 0) is 11.2 Å². The molecule has 0 aliphatic rings. The van der Waals surface area contributed by atoms with Crippen LogP contribution in [0.25, 0.3) is 6.08 Å². The SMILES string of the molecule is CCc1cc(OC)c(F)cc1C=CC(C)=O. The van der Waals surface area contributed by atoms with Gasteiger partial charge in [-0.25, -0.2) is 4.39 Å². The molecule has 0 bridgehead atoms. The Bertz CT molecular complexity index is 422. The van der Waals surface area contributed by atoms with Gasteiger partial charge in [0.15, 0.2) is 17.3 Å². The zero-order valence-corrected chi connectivity index (χ0v) is 9.71. The summed E-state index contributed by atoms with van der Waals surface area (Å²) in [6.45, 7) is 3.43. The van der Waals surface area contributed by atoms with Crippen LogP contribution >= 0.6 is 0 Å². The van der Waals surface area contributed by atoms with E-state index in [9.17, 15) is 9.18 Å². The van der Waals surface area contributed by atoms with Crippen molar-refractivity contribution in [3.63, 3.8) is 0 Å². The predicted octanol–water partition coefficient (Wildman–Crippen LogP) is 3.00. The van der Waals surface area contributed by atoms with Gasteiger partial charge in [-0.1, -0.05) is 13.0 Å². The lowest BCUT2D eigenvalue weighted by atomic mass is 10.0. The van der Waals surface area contributed by atoms with Gasteiger partial charge in [-0.2, -0.15) is 0 Å². The van der Waals surface area contributed by atoms with Crippen LogP contribution in [0.5, 0.6) is 5.75 Å². The maximum absolute atomic E-state index is 13.4. The van der Waals surface area contributed by atoms with Gasteiger partial charge in [0, 0.05) is 0 Å². The van der Waals surface area contributed by atoms with E-state index in [2.05, 4.69) is 0 Å². The average molecular weight is 222 g/mol. The Kier molecular flexibility index (Phi) is 4.23. The van der Waals surface area contributed by atoms with Gasteiger partial charge < -0.3 is 4.74 Å². The number of ether oxygens (including phenoxy) is 1. The van der Waals surface area contributed by atoms with Gasteiger partial charge in [-0.3, -0.25) is 4.79 Å². The van der Waals surface area contributed by atoms with Gasteiger partial charge in [0.2, 0.25) is 0 Å². The molecule has 0 amide bonds. The molecule has 0 heterocycles. The van der Waals surface area contributed by atoms with Crippen LogP contribution in [0, 0.1) is 5.82 Å². The van der Waals surface area contributed by atoms with E-state index in [-0.39, 0.29) is 11.5 Å². The summed E-state index contributed by atoms with van der Waals surface area (Å²) in [6.07, 6.45) is 3.82. The molecule has 16 heavy (non-hydrogen) atoms. The van der Waals surface area contributed by atoms with Crippen molar-refractivity contribution in [2.75, 3.05) is 7.11 Å². The van der Waals surface area contributed by atoms with Gasteiger partial charge in [-0.15, -0.1) is 0 Å². The van der Waals surface area contributed by atoms with Crippen LogP contribution in [0.1, 0.15) is 25.0 Å². The molecule has 0 unspecified atom stereocenters. The third kappa shape index (κ3) is 2.92. The fraction of sp³-hybridized carbons (Fsp3) is 0.308. The summed E-state index contributed by atoms with van der Waals surface area (Å²) in [6, 6.07) is 3.05. The first-order valence-corrected chi connectivity index (χ1v) is 5.13. The number of rotatable bonds is 4. The van der Waals surface area contributed by atoms with E-state index in [1.165, 1.54) is 26.2 Å².